The molecule has 0 unspecified atom stereocenters. The van der Waals surface area contributed by atoms with Crippen molar-refractivity contribution in [3.8, 4) is 0 Å². The minimum absolute atomic E-state index is 0. The van der Waals surface area contributed by atoms with Gasteiger partial charge in [-0.2, -0.15) is 0 Å². The van der Waals surface area contributed by atoms with Crippen molar-refractivity contribution in [1.29, 1.82) is 0 Å². The Morgan fingerprint density at radius 3 is 2.38 bits per heavy atom. The predicted octanol–water partition coefficient (Wildman–Crippen LogP) is 4.27. The van der Waals surface area contributed by atoms with Crippen molar-refractivity contribution in [2.45, 2.75) is 31.7 Å². The molecule has 1 saturated carbocycles. The zero-order valence-electron chi connectivity index (χ0n) is 12.3. The Kier molecular flexibility index (Phi) is 8.87. The van der Waals surface area contributed by atoms with Crippen molar-refractivity contribution < 1.29 is 0 Å². The number of hydrogen-bond donors (Lipinski definition) is 1. The van der Waals surface area contributed by atoms with Crippen LogP contribution in [0.25, 0.3) is 0 Å². The maximum atomic E-state index is 3.48. The molecular formula is C16H25Cl2IN2. The van der Waals surface area contributed by atoms with Gasteiger partial charge in [-0.3, -0.25) is 4.90 Å². The molecule has 1 atom stereocenters. The molecule has 1 aliphatic heterocycles. The van der Waals surface area contributed by atoms with E-state index in [-0.39, 0.29) is 24.8 Å². The van der Waals surface area contributed by atoms with Gasteiger partial charge in [0.15, 0.2) is 0 Å². The first-order valence-electron chi connectivity index (χ1n) is 7.55. The van der Waals surface area contributed by atoms with E-state index in [9.17, 15) is 0 Å². The molecule has 1 aromatic carbocycles. The molecular weight excluding hydrogens is 418 g/mol. The van der Waals surface area contributed by atoms with Crippen LogP contribution in [-0.2, 0) is 0 Å². The third kappa shape index (κ3) is 4.96. The first-order valence-corrected chi connectivity index (χ1v) is 8.63. The van der Waals surface area contributed by atoms with Crippen molar-refractivity contribution in [1.82, 2.24) is 10.2 Å². The van der Waals surface area contributed by atoms with E-state index in [0.29, 0.717) is 6.04 Å². The highest BCUT2D eigenvalue weighted by Crippen LogP contribution is 2.39. The minimum atomic E-state index is 0. The maximum absolute atomic E-state index is 3.48. The molecule has 120 valence electrons. The molecule has 0 radical (unpaired) electrons. The molecule has 0 bridgehead atoms. The Hall–Kier alpha value is 0.450. The Morgan fingerprint density at radius 1 is 1.10 bits per heavy atom. The second-order valence-electron chi connectivity index (χ2n) is 5.83. The van der Waals surface area contributed by atoms with Crippen molar-refractivity contribution in [2.24, 2.45) is 5.92 Å². The lowest BCUT2D eigenvalue weighted by molar-refractivity contribution is 0.125. The van der Waals surface area contributed by atoms with E-state index in [2.05, 4.69) is 57.1 Å². The molecule has 1 N–H and O–H groups in total. The summed E-state index contributed by atoms with van der Waals surface area (Å²) < 4.78 is 1.37. The number of halogens is 3. The van der Waals surface area contributed by atoms with Crippen LogP contribution in [0.4, 0.5) is 0 Å². The molecule has 0 amide bonds. The molecule has 2 nitrogen and oxygen atoms in total. The average Bonchev–Trinajstić information content (AvgIpc) is 2.94. The van der Waals surface area contributed by atoms with Crippen molar-refractivity contribution >= 4 is 47.4 Å². The van der Waals surface area contributed by atoms with E-state index in [1.807, 2.05) is 0 Å². The van der Waals surface area contributed by atoms with Gasteiger partial charge in [0.1, 0.15) is 0 Å². The summed E-state index contributed by atoms with van der Waals surface area (Å²) in [6.45, 7) is 4.69. The Bertz CT molecular complexity index is 418. The van der Waals surface area contributed by atoms with Gasteiger partial charge in [0.25, 0.3) is 0 Å². The first-order chi connectivity index (χ1) is 9.34. The molecule has 3 rings (SSSR count). The summed E-state index contributed by atoms with van der Waals surface area (Å²) in [6, 6.07) is 9.81. The van der Waals surface area contributed by atoms with Crippen LogP contribution in [0, 0.1) is 9.49 Å². The highest BCUT2D eigenvalue weighted by molar-refractivity contribution is 14.1. The molecule has 1 aliphatic carbocycles. The van der Waals surface area contributed by atoms with E-state index >= 15 is 0 Å². The lowest BCUT2D eigenvalue weighted by Gasteiger charge is -2.38. The second kappa shape index (κ2) is 9.56. The third-order valence-electron chi connectivity index (χ3n) is 4.58. The van der Waals surface area contributed by atoms with Gasteiger partial charge in [-0.15, -0.1) is 24.8 Å². The number of nitrogens with zero attached hydrogens (tertiary/aromatic N) is 1. The summed E-state index contributed by atoms with van der Waals surface area (Å²) in [5.74, 6) is 0.872. The highest BCUT2D eigenvalue weighted by Gasteiger charge is 2.31. The van der Waals surface area contributed by atoms with Gasteiger partial charge in [0, 0.05) is 35.8 Å². The van der Waals surface area contributed by atoms with Crippen LogP contribution in [0.2, 0.25) is 0 Å². The van der Waals surface area contributed by atoms with Gasteiger partial charge in [0.05, 0.1) is 0 Å². The van der Waals surface area contributed by atoms with E-state index in [1.54, 1.807) is 5.56 Å². The summed E-state index contributed by atoms with van der Waals surface area (Å²) in [5.41, 5.74) is 1.54. The lowest BCUT2D eigenvalue weighted by Crippen LogP contribution is -2.46. The maximum Gasteiger partial charge on any atom is 0.0377 e. The largest absolute Gasteiger partial charge is 0.314 e. The third-order valence-corrected chi connectivity index (χ3v) is 5.25. The van der Waals surface area contributed by atoms with Gasteiger partial charge in [-0.1, -0.05) is 25.0 Å². The van der Waals surface area contributed by atoms with Crippen LogP contribution in [0.3, 0.4) is 0 Å². The zero-order valence-corrected chi connectivity index (χ0v) is 16.1. The normalized spacial score (nSPS) is 21.4. The molecule has 1 saturated heterocycles. The Labute approximate surface area is 154 Å². The van der Waals surface area contributed by atoms with E-state index in [1.165, 1.54) is 42.3 Å². The standard InChI is InChI=1S/C16H23IN2.2ClH/c17-15-7-3-6-14(12-15)16(13-4-1-2-5-13)19-10-8-18-9-11-19;;/h3,6-7,12-13,16,18H,1-2,4-5,8-11H2;2*1H/t16-;;/m1../s1. The Balaban J connectivity index is 0.00000110. The van der Waals surface area contributed by atoms with Crippen LogP contribution in [-0.4, -0.2) is 31.1 Å². The molecule has 1 aromatic rings. The summed E-state index contributed by atoms with van der Waals surface area (Å²) >= 11 is 2.44. The SMILES string of the molecule is Cl.Cl.Ic1cccc([C@@H](C2CCCC2)N2CCNCC2)c1. The van der Waals surface area contributed by atoms with E-state index in [0.717, 1.165) is 19.0 Å². The van der Waals surface area contributed by atoms with Gasteiger partial charge < -0.3 is 5.32 Å². The monoisotopic (exact) mass is 442 g/mol. The summed E-state index contributed by atoms with van der Waals surface area (Å²) in [4.78, 5) is 2.72. The number of piperazine rings is 1. The summed E-state index contributed by atoms with van der Waals surface area (Å²) in [6.07, 6.45) is 5.69. The fraction of sp³-hybridized carbons (Fsp3) is 0.625. The molecule has 1 heterocycles. The zero-order chi connectivity index (χ0) is 13.1. The van der Waals surface area contributed by atoms with Crippen LogP contribution in [0.1, 0.15) is 37.3 Å². The first kappa shape index (κ1) is 19.5. The van der Waals surface area contributed by atoms with Crippen LogP contribution >= 0.6 is 47.4 Å². The number of nitrogens with one attached hydrogen (secondary N) is 1. The minimum Gasteiger partial charge on any atom is -0.314 e. The average molecular weight is 443 g/mol. The van der Waals surface area contributed by atoms with Crippen molar-refractivity contribution in [2.75, 3.05) is 26.2 Å². The number of benzene rings is 1. The molecule has 21 heavy (non-hydrogen) atoms. The van der Waals surface area contributed by atoms with Crippen LogP contribution in [0.5, 0.6) is 0 Å². The quantitative estimate of drug-likeness (QED) is 0.703. The fourth-order valence-electron chi connectivity index (χ4n) is 3.71. The summed E-state index contributed by atoms with van der Waals surface area (Å²) in [5, 5.41) is 3.48. The molecule has 2 fully saturated rings. The molecule has 0 spiro atoms. The molecule has 0 aromatic heterocycles. The van der Waals surface area contributed by atoms with Crippen molar-refractivity contribution in [3.63, 3.8) is 0 Å². The smallest absolute Gasteiger partial charge is 0.0377 e. The van der Waals surface area contributed by atoms with Crippen LogP contribution < -0.4 is 5.32 Å². The van der Waals surface area contributed by atoms with E-state index in [4.69, 9.17) is 0 Å². The highest BCUT2D eigenvalue weighted by atomic mass is 127. The molecule has 5 heteroatoms. The number of rotatable bonds is 3. The van der Waals surface area contributed by atoms with Crippen LogP contribution in [0.15, 0.2) is 24.3 Å². The second-order valence-corrected chi connectivity index (χ2v) is 7.08. The van der Waals surface area contributed by atoms with Gasteiger partial charge in [-0.05, 0) is 59.0 Å². The summed E-state index contributed by atoms with van der Waals surface area (Å²) in [7, 11) is 0. The van der Waals surface area contributed by atoms with E-state index < -0.39 is 0 Å². The van der Waals surface area contributed by atoms with Gasteiger partial charge in [-0.25, -0.2) is 0 Å². The topological polar surface area (TPSA) is 15.3 Å². The molecule has 2 aliphatic rings. The lowest BCUT2D eigenvalue weighted by atomic mass is 9.90. The van der Waals surface area contributed by atoms with Gasteiger partial charge in [0.2, 0.25) is 0 Å². The fourth-order valence-corrected chi connectivity index (χ4v) is 4.27. The number of hydrogen-bond acceptors (Lipinski definition) is 2. The predicted molar refractivity (Wildman–Crippen MR) is 103 cm³/mol. The van der Waals surface area contributed by atoms with Gasteiger partial charge >= 0.3 is 0 Å². The Morgan fingerprint density at radius 2 is 1.76 bits per heavy atom. The van der Waals surface area contributed by atoms with Crippen molar-refractivity contribution in [3.05, 3.63) is 33.4 Å².